The van der Waals surface area contributed by atoms with Gasteiger partial charge in [0.05, 0.1) is 17.0 Å². The Morgan fingerprint density at radius 2 is 1.82 bits per heavy atom. The molecule has 4 rings (SSSR count). The standard InChI is InChI=1S/C22H23FN2O3/c1-22(2)19(14-10-15(13-26)20(27)18(23)11-14)21(28)25(22)17-7-5-6-16(12-17)24-8-3-4-9-24/h5-7,10-13,19,27H,3-4,8-9H2,1-2H3. The molecule has 0 saturated carbocycles. The van der Waals surface area contributed by atoms with Crippen molar-refractivity contribution in [2.45, 2.75) is 38.1 Å². The van der Waals surface area contributed by atoms with Crippen LogP contribution >= 0.6 is 0 Å². The molecule has 0 bridgehead atoms. The third-order valence-corrected chi connectivity index (χ3v) is 5.88. The minimum Gasteiger partial charge on any atom is -0.504 e. The summed E-state index contributed by atoms with van der Waals surface area (Å²) in [5.41, 5.74) is 1.57. The lowest BCUT2D eigenvalue weighted by molar-refractivity contribution is -0.129. The van der Waals surface area contributed by atoms with Crippen molar-refractivity contribution in [2.24, 2.45) is 0 Å². The minimum absolute atomic E-state index is 0.145. The Morgan fingerprint density at radius 1 is 1.14 bits per heavy atom. The van der Waals surface area contributed by atoms with Crippen LogP contribution in [0.5, 0.6) is 5.75 Å². The van der Waals surface area contributed by atoms with Gasteiger partial charge in [-0.2, -0.15) is 0 Å². The molecule has 0 aromatic heterocycles. The number of nitrogens with zero attached hydrogens (tertiary/aromatic N) is 2. The first-order chi connectivity index (χ1) is 13.3. The number of aldehydes is 1. The van der Waals surface area contributed by atoms with Crippen LogP contribution in [0, 0.1) is 5.82 Å². The number of carbonyl (C=O) groups is 2. The number of phenolic OH excluding ortho intramolecular Hbond substituents is 1. The van der Waals surface area contributed by atoms with Gasteiger partial charge in [0, 0.05) is 24.5 Å². The monoisotopic (exact) mass is 382 g/mol. The number of rotatable bonds is 4. The van der Waals surface area contributed by atoms with E-state index >= 15 is 0 Å². The smallest absolute Gasteiger partial charge is 0.237 e. The molecule has 28 heavy (non-hydrogen) atoms. The Morgan fingerprint density at radius 3 is 2.46 bits per heavy atom. The van der Waals surface area contributed by atoms with Crippen LogP contribution in [0.15, 0.2) is 36.4 Å². The molecule has 1 atom stereocenters. The molecule has 0 aliphatic carbocycles. The summed E-state index contributed by atoms with van der Waals surface area (Å²) in [6.45, 7) is 5.88. The lowest BCUT2D eigenvalue weighted by atomic mass is 9.71. The Balaban J connectivity index is 1.67. The minimum atomic E-state index is -0.891. The lowest BCUT2D eigenvalue weighted by Gasteiger charge is -2.54. The summed E-state index contributed by atoms with van der Waals surface area (Å²) in [5, 5.41) is 9.65. The summed E-state index contributed by atoms with van der Waals surface area (Å²) in [6, 6.07) is 10.5. The average molecular weight is 382 g/mol. The Bertz CT molecular complexity index is 951. The van der Waals surface area contributed by atoms with E-state index < -0.39 is 23.0 Å². The van der Waals surface area contributed by atoms with Crippen LogP contribution in [0.25, 0.3) is 0 Å². The molecule has 1 unspecified atom stereocenters. The maximum Gasteiger partial charge on any atom is 0.237 e. The molecule has 2 heterocycles. The maximum absolute atomic E-state index is 14.0. The number of phenols is 1. The third-order valence-electron chi connectivity index (χ3n) is 5.88. The van der Waals surface area contributed by atoms with E-state index in [0.29, 0.717) is 11.8 Å². The van der Waals surface area contributed by atoms with E-state index in [1.165, 1.54) is 18.9 Å². The summed E-state index contributed by atoms with van der Waals surface area (Å²) in [4.78, 5) is 28.2. The predicted molar refractivity (Wildman–Crippen MR) is 106 cm³/mol. The van der Waals surface area contributed by atoms with E-state index in [1.54, 1.807) is 4.90 Å². The van der Waals surface area contributed by atoms with Gasteiger partial charge >= 0.3 is 0 Å². The molecule has 146 valence electrons. The van der Waals surface area contributed by atoms with Crippen molar-refractivity contribution < 1.29 is 19.1 Å². The highest BCUT2D eigenvalue weighted by atomic mass is 19.1. The van der Waals surface area contributed by atoms with Crippen molar-refractivity contribution >= 4 is 23.6 Å². The highest BCUT2D eigenvalue weighted by Gasteiger charge is 2.55. The van der Waals surface area contributed by atoms with Gasteiger partial charge in [-0.15, -0.1) is 0 Å². The molecule has 6 heteroatoms. The van der Waals surface area contributed by atoms with Crippen molar-refractivity contribution in [3.05, 3.63) is 53.3 Å². The first-order valence-electron chi connectivity index (χ1n) is 9.51. The predicted octanol–water partition coefficient (Wildman–Crippen LogP) is 3.85. The van der Waals surface area contributed by atoms with E-state index in [2.05, 4.69) is 11.0 Å². The molecule has 2 aliphatic rings. The van der Waals surface area contributed by atoms with Gasteiger partial charge in [-0.05, 0) is 62.6 Å². The third kappa shape index (κ3) is 2.75. The fraction of sp³-hybridized carbons (Fsp3) is 0.364. The van der Waals surface area contributed by atoms with Gasteiger partial charge in [0.1, 0.15) is 0 Å². The number of benzene rings is 2. The van der Waals surface area contributed by atoms with Crippen LogP contribution in [-0.2, 0) is 4.79 Å². The Kier molecular flexibility index (Phi) is 4.37. The molecule has 1 amide bonds. The lowest BCUT2D eigenvalue weighted by Crippen LogP contribution is -2.66. The first kappa shape index (κ1) is 18.5. The van der Waals surface area contributed by atoms with Crippen LogP contribution in [0.1, 0.15) is 48.5 Å². The second kappa shape index (κ2) is 6.62. The van der Waals surface area contributed by atoms with E-state index in [1.807, 2.05) is 32.0 Å². The molecule has 2 saturated heterocycles. The van der Waals surface area contributed by atoms with Gasteiger partial charge in [0.15, 0.2) is 17.9 Å². The van der Waals surface area contributed by atoms with Crippen molar-refractivity contribution in [2.75, 3.05) is 22.9 Å². The first-order valence-corrected chi connectivity index (χ1v) is 9.51. The van der Waals surface area contributed by atoms with Gasteiger partial charge in [-0.3, -0.25) is 9.59 Å². The number of amides is 1. The summed E-state index contributed by atoms with van der Waals surface area (Å²) in [5.74, 6) is -2.31. The molecule has 2 aliphatic heterocycles. The second-order valence-corrected chi connectivity index (χ2v) is 8.03. The van der Waals surface area contributed by atoms with Crippen molar-refractivity contribution in [1.29, 1.82) is 0 Å². The van der Waals surface area contributed by atoms with E-state index in [9.17, 15) is 19.1 Å². The average Bonchev–Trinajstić information content (AvgIpc) is 3.19. The highest BCUT2D eigenvalue weighted by molar-refractivity contribution is 6.08. The fourth-order valence-corrected chi connectivity index (χ4v) is 4.49. The van der Waals surface area contributed by atoms with Gasteiger partial charge < -0.3 is 14.9 Å². The summed E-state index contributed by atoms with van der Waals surface area (Å²) in [6.07, 6.45) is 2.74. The number of hydrogen-bond acceptors (Lipinski definition) is 4. The molecular formula is C22H23FN2O3. The highest BCUT2D eigenvalue weighted by Crippen LogP contribution is 2.48. The van der Waals surface area contributed by atoms with E-state index in [-0.39, 0.29) is 11.5 Å². The number of carbonyl (C=O) groups excluding carboxylic acids is 2. The van der Waals surface area contributed by atoms with Gasteiger partial charge in [-0.1, -0.05) is 6.07 Å². The molecule has 2 aromatic rings. The summed E-state index contributed by atoms with van der Waals surface area (Å²) >= 11 is 0. The molecular weight excluding hydrogens is 359 g/mol. The maximum atomic E-state index is 14.0. The summed E-state index contributed by atoms with van der Waals surface area (Å²) in [7, 11) is 0. The second-order valence-electron chi connectivity index (χ2n) is 8.03. The molecule has 1 N–H and O–H groups in total. The fourth-order valence-electron chi connectivity index (χ4n) is 4.49. The topological polar surface area (TPSA) is 60.9 Å². The molecule has 0 radical (unpaired) electrons. The zero-order valence-electron chi connectivity index (χ0n) is 16.0. The van der Waals surface area contributed by atoms with E-state index in [0.717, 1.165) is 30.5 Å². The largest absolute Gasteiger partial charge is 0.504 e. The van der Waals surface area contributed by atoms with Gasteiger partial charge in [0.2, 0.25) is 5.91 Å². The van der Waals surface area contributed by atoms with Crippen LogP contribution in [0.4, 0.5) is 15.8 Å². The zero-order valence-corrected chi connectivity index (χ0v) is 16.0. The number of aromatic hydroxyl groups is 1. The van der Waals surface area contributed by atoms with Crippen molar-refractivity contribution in [3.63, 3.8) is 0 Å². The van der Waals surface area contributed by atoms with Crippen molar-refractivity contribution in [1.82, 2.24) is 0 Å². The van der Waals surface area contributed by atoms with Crippen LogP contribution < -0.4 is 9.80 Å². The number of hydrogen-bond donors (Lipinski definition) is 1. The Hall–Kier alpha value is -2.89. The number of β-lactam (4-membered cyclic amide) rings is 1. The normalized spacial score (nSPS) is 21.0. The van der Waals surface area contributed by atoms with Gasteiger partial charge in [-0.25, -0.2) is 4.39 Å². The molecule has 0 spiro atoms. The van der Waals surface area contributed by atoms with Crippen molar-refractivity contribution in [3.8, 4) is 5.75 Å². The molecule has 2 aromatic carbocycles. The SMILES string of the molecule is CC1(C)C(c2cc(F)c(O)c(C=O)c2)C(=O)N1c1cccc(N2CCCC2)c1. The van der Waals surface area contributed by atoms with E-state index in [4.69, 9.17) is 0 Å². The zero-order chi connectivity index (χ0) is 20.1. The van der Waals surface area contributed by atoms with Gasteiger partial charge in [0.25, 0.3) is 0 Å². The quantitative estimate of drug-likeness (QED) is 0.644. The molecule has 2 fully saturated rings. The number of halogens is 1. The number of anilines is 2. The van der Waals surface area contributed by atoms with Crippen LogP contribution in [0.2, 0.25) is 0 Å². The molecule has 5 nitrogen and oxygen atoms in total. The van der Waals surface area contributed by atoms with Crippen LogP contribution in [0.3, 0.4) is 0 Å². The van der Waals surface area contributed by atoms with Crippen LogP contribution in [-0.4, -0.2) is 35.9 Å². The summed E-state index contributed by atoms with van der Waals surface area (Å²) < 4.78 is 14.0. The Labute approximate surface area is 163 Å².